The van der Waals surface area contributed by atoms with E-state index in [1.54, 1.807) is 0 Å². The Morgan fingerprint density at radius 3 is 2.43 bits per heavy atom. The van der Waals surface area contributed by atoms with E-state index in [1.165, 1.54) is 37.7 Å². The number of halogens is 1. The fourth-order valence-electron chi connectivity index (χ4n) is 3.07. The zero-order chi connectivity index (χ0) is 15.2. The third-order valence-corrected chi connectivity index (χ3v) is 5.06. The Hall–Kier alpha value is -1.02. The lowest BCUT2D eigenvalue weighted by molar-refractivity contribution is -0.147. The van der Waals surface area contributed by atoms with Gasteiger partial charge in [0.2, 0.25) is 0 Å². The van der Waals surface area contributed by atoms with Gasteiger partial charge in [0.15, 0.2) is 0 Å². The number of carbonyl (C=O) groups is 1. The third kappa shape index (κ3) is 4.23. The molecule has 0 radical (unpaired) electrons. The van der Waals surface area contributed by atoms with E-state index in [2.05, 4.69) is 24.3 Å². The molecule has 116 valence electrons. The van der Waals surface area contributed by atoms with Gasteiger partial charge >= 0.3 is 5.97 Å². The van der Waals surface area contributed by atoms with Crippen LogP contribution in [-0.4, -0.2) is 12.6 Å². The third-order valence-electron chi connectivity index (χ3n) is 4.43. The number of ether oxygens (including phenoxy) is 1. The lowest BCUT2D eigenvalue weighted by Crippen LogP contribution is -2.19. The molecule has 0 bridgehead atoms. The SMILES string of the molecule is CCOC(=O)C(C)C(Cl)c1ccc(C2CCCCC2)cc1. The predicted octanol–water partition coefficient (Wildman–Crippen LogP) is 5.21. The maximum absolute atomic E-state index is 11.8. The molecule has 0 saturated heterocycles. The normalized spacial score (nSPS) is 19.0. The minimum absolute atomic E-state index is 0.228. The summed E-state index contributed by atoms with van der Waals surface area (Å²) in [5, 5.41) is -0.329. The van der Waals surface area contributed by atoms with E-state index >= 15 is 0 Å². The Bertz CT molecular complexity index is 449. The fourth-order valence-corrected chi connectivity index (χ4v) is 3.32. The number of carbonyl (C=O) groups excluding carboxylic acids is 1. The van der Waals surface area contributed by atoms with Gasteiger partial charge < -0.3 is 4.74 Å². The standard InChI is InChI=1S/C18H25ClO2/c1-3-21-18(20)13(2)17(19)16-11-9-15(10-12-16)14-7-5-4-6-8-14/h9-14,17H,3-8H2,1-2H3. The Labute approximate surface area is 132 Å². The largest absolute Gasteiger partial charge is 0.466 e. The smallest absolute Gasteiger partial charge is 0.310 e. The second-order valence-corrected chi connectivity index (χ2v) is 6.41. The molecule has 1 aliphatic carbocycles. The monoisotopic (exact) mass is 308 g/mol. The van der Waals surface area contributed by atoms with Crippen molar-refractivity contribution in [2.24, 2.45) is 5.92 Å². The van der Waals surface area contributed by atoms with E-state index in [4.69, 9.17) is 16.3 Å². The molecule has 2 unspecified atom stereocenters. The molecule has 0 aromatic heterocycles. The number of hydrogen-bond donors (Lipinski definition) is 0. The van der Waals surface area contributed by atoms with Gasteiger partial charge in [0.05, 0.1) is 17.9 Å². The summed E-state index contributed by atoms with van der Waals surface area (Å²) in [5.74, 6) is 0.144. The van der Waals surface area contributed by atoms with Crippen molar-refractivity contribution in [2.75, 3.05) is 6.61 Å². The molecular formula is C18H25ClO2. The van der Waals surface area contributed by atoms with Crippen LogP contribution in [0.25, 0.3) is 0 Å². The summed E-state index contributed by atoms with van der Waals surface area (Å²) in [4.78, 5) is 11.8. The highest BCUT2D eigenvalue weighted by atomic mass is 35.5. The second kappa shape index (κ2) is 7.84. The molecule has 1 fully saturated rings. The van der Waals surface area contributed by atoms with Gasteiger partial charge in [-0.3, -0.25) is 4.79 Å². The molecule has 0 heterocycles. The minimum Gasteiger partial charge on any atom is -0.466 e. The molecular weight excluding hydrogens is 284 g/mol. The van der Waals surface area contributed by atoms with E-state index < -0.39 is 0 Å². The summed E-state index contributed by atoms with van der Waals surface area (Å²) < 4.78 is 5.04. The van der Waals surface area contributed by atoms with E-state index in [1.807, 2.05) is 13.8 Å². The van der Waals surface area contributed by atoms with Gasteiger partial charge in [-0.25, -0.2) is 0 Å². The summed E-state index contributed by atoms with van der Waals surface area (Å²) in [5.41, 5.74) is 2.41. The summed E-state index contributed by atoms with van der Waals surface area (Å²) >= 11 is 6.42. The van der Waals surface area contributed by atoms with E-state index in [9.17, 15) is 4.79 Å². The van der Waals surface area contributed by atoms with Crippen LogP contribution in [0, 0.1) is 5.92 Å². The Kier molecular flexibility index (Phi) is 6.10. The van der Waals surface area contributed by atoms with Crippen LogP contribution in [0.15, 0.2) is 24.3 Å². The average Bonchev–Trinajstić information content (AvgIpc) is 2.54. The van der Waals surface area contributed by atoms with Gasteiger partial charge in [-0.15, -0.1) is 11.6 Å². The molecule has 3 heteroatoms. The van der Waals surface area contributed by atoms with Crippen LogP contribution < -0.4 is 0 Å². The number of esters is 1. The number of benzene rings is 1. The van der Waals surface area contributed by atoms with Crippen LogP contribution in [0.4, 0.5) is 0 Å². The van der Waals surface area contributed by atoms with Crippen LogP contribution in [0.2, 0.25) is 0 Å². The molecule has 2 atom stereocenters. The molecule has 21 heavy (non-hydrogen) atoms. The lowest BCUT2D eigenvalue weighted by atomic mass is 9.83. The molecule has 0 aliphatic heterocycles. The van der Waals surface area contributed by atoms with E-state index in [0.29, 0.717) is 12.5 Å². The first-order chi connectivity index (χ1) is 10.1. The van der Waals surface area contributed by atoms with Crippen molar-refractivity contribution < 1.29 is 9.53 Å². The number of rotatable bonds is 5. The second-order valence-electron chi connectivity index (χ2n) is 5.94. The lowest BCUT2D eigenvalue weighted by Gasteiger charge is -2.23. The molecule has 0 amide bonds. The van der Waals surface area contributed by atoms with Crippen LogP contribution in [0.3, 0.4) is 0 Å². The molecule has 1 saturated carbocycles. The average molecular weight is 309 g/mol. The zero-order valence-electron chi connectivity index (χ0n) is 13.0. The number of hydrogen-bond acceptors (Lipinski definition) is 2. The Morgan fingerprint density at radius 2 is 1.86 bits per heavy atom. The molecule has 0 spiro atoms. The molecule has 2 rings (SSSR count). The highest BCUT2D eigenvalue weighted by Crippen LogP contribution is 2.35. The van der Waals surface area contributed by atoms with Crippen molar-refractivity contribution in [3.8, 4) is 0 Å². The van der Waals surface area contributed by atoms with Gasteiger partial charge in [0, 0.05) is 0 Å². The Morgan fingerprint density at radius 1 is 1.24 bits per heavy atom. The predicted molar refractivity (Wildman–Crippen MR) is 86.7 cm³/mol. The first kappa shape index (κ1) is 16.4. The molecule has 2 nitrogen and oxygen atoms in total. The summed E-state index contributed by atoms with van der Waals surface area (Å²) in [6.07, 6.45) is 6.63. The quantitative estimate of drug-likeness (QED) is 0.551. The van der Waals surface area contributed by atoms with Gasteiger partial charge in [-0.2, -0.15) is 0 Å². The van der Waals surface area contributed by atoms with Gasteiger partial charge in [0.25, 0.3) is 0 Å². The molecule has 0 N–H and O–H groups in total. The van der Waals surface area contributed by atoms with Crippen molar-refractivity contribution in [1.82, 2.24) is 0 Å². The zero-order valence-corrected chi connectivity index (χ0v) is 13.7. The highest BCUT2D eigenvalue weighted by molar-refractivity contribution is 6.22. The summed E-state index contributed by atoms with van der Waals surface area (Å²) in [6.45, 7) is 4.03. The summed E-state index contributed by atoms with van der Waals surface area (Å²) in [6, 6.07) is 8.49. The minimum atomic E-state index is -0.329. The van der Waals surface area contributed by atoms with Crippen molar-refractivity contribution in [2.45, 2.75) is 57.2 Å². The first-order valence-electron chi connectivity index (χ1n) is 8.04. The van der Waals surface area contributed by atoms with E-state index in [-0.39, 0.29) is 17.3 Å². The fraction of sp³-hybridized carbons (Fsp3) is 0.611. The van der Waals surface area contributed by atoms with Gasteiger partial charge in [-0.05, 0) is 36.8 Å². The van der Waals surface area contributed by atoms with Crippen LogP contribution in [-0.2, 0) is 9.53 Å². The molecule has 1 aromatic carbocycles. The number of alkyl halides is 1. The van der Waals surface area contributed by atoms with Crippen LogP contribution in [0.1, 0.15) is 68.4 Å². The van der Waals surface area contributed by atoms with Crippen molar-refractivity contribution in [1.29, 1.82) is 0 Å². The van der Waals surface area contributed by atoms with E-state index in [0.717, 1.165) is 5.56 Å². The first-order valence-corrected chi connectivity index (χ1v) is 8.47. The Balaban J connectivity index is 2.02. The van der Waals surface area contributed by atoms with Gasteiger partial charge in [-0.1, -0.05) is 50.5 Å². The summed E-state index contributed by atoms with van der Waals surface area (Å²) in [7, 11) is 0. The van der Waals surface area contributed by atoms with Gasteiger partial charge in [0.1, 0.15) is 0 Å². The van der Waals surface area contributed by atoms with Crippen molar-refractivity contribution in [3.63, 3.8) is 0 Å². The van der Waals surface area contributed by atoms with Crippen LogP contribution >= 0.6 is 11.6 Å². The van der Waals surface area contributed by atoms with Crippen LogP contribution in [0.5, 0.6) is 0 Å². The van der Waals surface area contributed by atoms with Crippen molar-refractivity contribution >= 4 is 17.6 Å². The topological polar surface area (TPSA) is 26.3 Å². The maximum atomic E-state index is 11.8. The highest BCUT2D eigenvalue weighted by Gasteiger charge is 2.25. The maximum Gasteiger partial charge on any atom is 0.310 e. The van der Waals surface area contributed by atoms with Crippen molar-refractivity contribution in [3.05, 3.63) is 35.4 Å². The molecule has 1 aliphatic rings. The molecule has 1 aromatic rings.